The molecule has 1 heterocycles. The maximum absolute atomic E-state index is 5.61. The number of aromatic amines is 1. The van der Waals surface area contributed by atoms with Gasteiger partial charge in [0.25, 0.3) is 0 Å². The van der Waals surface area contributed by atoms with Crippen molar-refractivity contribution in [3.8, 4) is 22.5 Å². The first kappa shape index (κ1) is 13.9. The highest BCUT2D eigenvalue weighted by Crippen LogP contribution is 2.29. The molecule has 2 aromatic carbocycles. The van der Waals surface area contributed by atoms with Crippen molar-refractivity contribution in [3.63, 3.8) is 0 Å². The number of nitrogens with zero attached hydrogens (tertiary/aromatic N) is 3. The van der Waals surface area contributed by atoms with E-state index in [1.54, 1.807) is 0 Å². The maximum Gasteiger partial charge on any atom is 0.205 e. The van der Waals surface area contributed by atoms with Crippen LogP contribution in [-0.2, 0) is 6.54 Å². The third-order valence-electron chi connectivity index (χ3n) is 3.01. The van der Waals surface area contributed by atoms with Gasteiger partial charge in [-0.05, 0) is 21.9 Å². The Bertz CT molecular complexity index is 659. The van der Waals surface area contributed by atoms with Crippen molar-refractivity contribution in [1.29, 1.82) is 0 Å². The van der Waals surface area contributed by atoms with Crippen molar-refractivity contribution in [1.82, 2.24) is 20.6 Å². The number of hydrogen-bond donors (Lipinski definition) is 2. The highest BCUT2D eigenvalue weighted by molar-refractivity contribution is 5.80. The van der Waals surface area contributed by atoms with Crippen molar-refractivity contribution in [2.45, 2.75) is 14.0 Å². The quantitative estimate of drug-likeness (QED) is 0.764. The fourth-order valence-electron chi connectivity index (χ4n) is 2.03. The lowest BCUT2D eigenvalue weighted by atomic mass is 9.98. The molecule has 20 heavy (non-hydrogen) atoms. The Morgan fingerprint density at radius 1 is 0.950 bits per heavy atom. The van der Waals surface area contributed by atoms with E-state index in [9.17, 15) is 0 Å². The van der Waals surface area contributed by atoms with E-state index in [-0.39, 0.29) is 7.43 Å². The molecule has 102 valence electrons. The second kappa shape index (κ2) is 6.08. The normalized spacial score (nSPS) is 10.1. The van der Waals surface area contributed by atoms with E-state index in [1.807, 2.05) is 36.4 Å². The molecule has 5 nitrogen and oxygen atoms in total. The number of H-pyrrole nitrogens is 1. The van der Waals surface area contributed by atoms with Crippen molar-refractivity contribution in [2.24, 2.45) is 5.73 Å². The zero-order chi connectivity index (χ0) is 13.1. The van der Waals surface area contributed by atoms with Crippen molar-refractivity contribution in [2.75, 3.05) is 0 Å². The molecule has 0 saturated heterocycles. The minimum atomic E-state index is 0. The summed E-state index contributed by atoms with van der Waals surface area (Å²) in [6.45, 7) is 0.548. The molecule has 5 heteroatoms. The lowest BCUT2D eigenvalue weighted by Crippen LogP contribution is -1.95. The van der Waals surface area contributed by atoms with E-state index in [0.717, 1.165) is 22.3 Å². The van der Waals surface area contributed by atoms with Crippen LogP contribution in [0.3, 0.4) is 0 Å². The van der Waals surface area contributed by atoms with E-state index >= 15 is 0 Å². The van der Waals surface area contributed by atoms with Gasteiger partial charge in [-0.15, -0.1) is 10.2 Å². The third-order valence-corrected chi connectivity index (χ3v) is 3.01. The zero-order valence-corrected chi connectivity index (χ0v) is 10.2. The average Bonchev–Trinajstić information content (AvgIpc) is 3.01. The van der Waals surface area contributed by atoms with Crippen LogP contribution < -0.4 is 5.73 Å². The fourth-order valence-corrected chi connectivity index (χ4v) is 2.03. The standard InChI is InChI=1S/C14H13N5.CH4/c15-9-10-5-7-11(8-6-10)12-3-1-2-4-13(12)14-16-18-19-17-14;/h1-8H,9,15H2,(H,16,17,18,19);1H4. The van der Waals surface area contributed by atoms with Gasteiger partial charge in [0.2, 0.25) is 5.82 Å². The molecule has 3 N–H and O–H groups in total. The lowest BCUT2D eigenvalue weighted by molar-refractivity contribution is 0.881. The molecule has 0 amide bonds. The number of rotatable bonds is 3. The van der Waals surface area contributed by atoms with E-state index in [2.05, 4.69) is 32.8 Å². The van der Waals surface area contributed by atoms with Crippen LogP contribution in [0.4, 0.5) is 0 Å². The number of tetrazole rings is 1. The van der Waals surface area contributed by atoms with E-state index < -0.39 is 0 Å². The van der Waals surface area contributed by atoms with Crippen LogP contribution in [0, 0.1) is 0 Å². The molecule has 0 radical (unpaired) electrons. The molecule has 0 fully saturated rings. The molecule has 0 unspecified atom stereocenters. The summed E-state index contributed by atoms with van der Waals surface area (Å²) < 4.78 is 0. The molecule has 0 aliphatic rings. The minimum Gasteiger partial charge on any atom is -0.326 e. The number of aromatic nitrogens is 4. The van der Waals surface area contributed by atoms with Crippen LogP contribution in [0.25, 0.3) is 22.5 Å². The summed E-state index contributed by atoms with van der Waals surface area (Å²) in [5, 5.41) is 14.2. The molecule has 0 aliphatic carbocycles. The Labute approximate surface area is 117 Å². The maximum atomic E-state index is 5.61. The second-order valence-corrected chi connectivity index (χ2v) is 4.18. The summed E-state index contributed by atoms with van der Waals surface area (Å²) in [4.78, 5) is 0. The van der Waals surface area contributed by atoms with Crippen molar-refractivity contribution < 1.29 is 0 Å². The van der Waals surface area contributed by atoms with Gasteiger partial charge in [-0.25, -0.2) is 0 Å². The smallest absolute Gasteiger partial charge is 0.205 e. The lowest BCUT2D eigenvalue weighted by Gasteiger charge is -2.07. The zero-order valence-electron chi connectivity index (χ0n) is 10.2. The van der Waals surface area contributed by atoms with Gasteiger partial charge in [-0.3, -0.25) is 0 Å². The van der Waals surface area contributed by atoms with Gasteiger partial charge in [0, 0.05) is 12.1 Å². The SMILES string of the molecule is C.NCc1ccc(-c2ccccc2-c2nn[nH]n2)cc1. The number of nitrogens with one attached hydrogen (secondary N) is 1. The Morgan fingerprint density at radius 2 is 1.65 bits per heavy atom. The summed E-state index contributed by atoms with van der Waals surface area (Å²) in [6, 6.07) is 16.2. The highest BCUT2D eigenvalue weighted by Gasteiger charge is 2.10. The van der Waals surface area contributed by atoms with Crippen LogP contribution in [0.5, 0.6) is 0 Å². The third kappa shape index (κ3) is 2.57. The Hall–Kier alpha value is -2.53. The Kier molecular flexibility index (Phi) is 4.22. The predicted molar refractivity (Wildman–Crippen MR) is 79.7 cm³/mol. The molecule has 0 spiro atoms. The highest BCUT2D eigenvalue weighted by atomic mass is 15.5. The monoisotopic (exact) mass is 267 g/mol. The van der Waals surface area contributed by atoms with Gasteiger partial charge in [0.1, 0.15) is 0 Å². The second-order valence-electron chi connectivity index (χ2n) is 4.18. The molecule has 3 aromatic rings. The number of nitrogens with two attached hydrogens (primary N) is 1. The fraction of sp³-hybridized carbons (Fsp3) is 0.133. The van der Waals surface area contributed by atoms with Crippen LogP contribution in [-0.4, -0.2) is 20.6 Å². The first-order chi connectivity index (χ1) is 9.38. The summed E-state index contributed by atoms with van der Waals surface area (Å²) in [7, 11) is 0. The summed E-state index contributed by atoms with van der Waals surface area (Å²) in [5.74, 6) is 0.596. The predicted octanol–water partition coefficient (Wildman–Crippen LogP) is 2.63. The number of hydrogen-bond acceptors (Lipinski definition) is 4. The van der Waals surface area contributed by atoms with Crippen LogP contribution in [0.15, 0.2) is 48.5 Å². The minimum absolute atomic E-state index is 0. The Morgan fingerprint density at radius 3 is 2.25 bits per heavy atom. The Balaban J connectivity index is 0.00000147. The van der Waals surface area contributed by atoms with E-state index in [0.29, 0.717) is 12.4 Å². The molecule has 1 aromatic heterocycles. The summed E-state index contributed by atoms with van der Waals surface area (Å²) >= 11 is 0. The largest absolute Gasteiger partial charge is 0.326 e. The molecule has 0 aliphatic heterocycles. The first-order valence-corrected chi connectivity index (χ1v) is 6.00. The molecule has 0 saturated carbocycles. The molecular weight excluding hydrogens is 250 g/mol. The van der Waals surface area contributed by atoms with Gasteiger partial charge in [-0.2, -0.15) is 5.21 Å². The van der Waals surface area contributed by atoms with Crippen molar-refractivity contribution >= 4 is 0 Å². The number of benzene rings is 2. The van der Waals surface area contributed by atoms with Crippen LogP contribution >= 0.6 is 0 Å². The summed E-state index contributed by atoms with van der Waals surface area (Å²) in [5.41, 5.74) is 9.87. The van der Waals surface area contributed by atoms with Gasteiger partial charge in [0.15, 0.2) is 0 Å². The van der Waals surface area contributed by atoms with Gasteiger partial charge < -0.3 is 5.73 Å². The molecule has 0 atom stereocenters. The van der Waals surface area contributed by atoms with Gasteiger partial charge in [0.05, 0.1) is 0 Å². The van der Waals surface area contributed by atoms with E-state index in [1.165, 1.54) is 0 Å². The molecule has 3 rings (SSSR count). The van der Waals surface area contributed by atoms with E-state index in [4.69, 9.17) is 5.73 Å². The van der Waals surface area contributed by atoms with Crippen molar-refractivity contribution in [3.05, 3.63) is 54.1 Å². The van der Waals surface area contributed by atoms with Crippen LogP contribution in [0.1, 0.15) is 13.0 Å². The topological polar surface area (TPSA) is 80.5 Å². The van der Waals surface area contributed by atoms with Gasteiger partial charge >= 0.3 is 0 Å². The first-order valence-electron chi connectivity index (χ1n) is 6.00. The molecule has 0 bridgehead atoms. The summed E-state index contributed by atoms with van der Waals surface area (Å²) in [6.07, 6.45) is 0. The average molecular weight is 267 g/mol. The van der Waals surface area contributed by atoms with Gasteiger partial charge in [-0.1, -0.05) is 56.0 Å². The van der Waals surface area contributed by atoms with Crippen LogP contribution in [0.2, 0.25) is 0 Å². The molecular formula is C15H17N5.